The summed E-state index contributed by atoms with van der Waals surface area (Å²) in [6.45, 7) is 4.56. The first-order valence-corrected chi connectivity index (χ1v) is 9.05. The number of carbonyl (C=O) groups is 1. The summed E-state index contributed by atoms with van der Waals surface area (Å²) >= 11 is 0. The Balaban J connectivity index is 1.60. The number of rotatable bonds is 7. The van der Waals surface area contributed by atoms with Crippen molar-refractivity contribution < 1.29 is 18.8 Å². The summed E-state index contributed by atoms with van der Waals surface area (Å²) in [5, 5.41) is 6.76. The van der Waals surface area contributed by atoms with Gasteiger partial charge in [-0.1, -0.05) is 23.4 Å². The summed E-state index contributed by atoms with van der Waals surface area (Å²) in [7, 11) is 3.20. The molecule has 0 aliphatic heterocycles. The topological polar surface area (TPSA) is 73.6 Å². The molecule has 3 aromatic rings. The van der Waals surface area contributed by atoms with Crippen LogP contribution in [0.25, 0.3) is 11.3 Å². The number of amides is 1. The van der Waals surface area contributed by atoms with E-state index in [9.17, 15) is 4.79 Å². The van der Waals surface area contributed by atoms with E-state index in [1.807, 2.05) is 43.3 Å². The molecule has 1 heterocycles. The smallest absolute Gasteiger partial charge is 0.273 e. The summed E-state index contributed by atoms with van der Waals surface area (Å²) in [5.41, 5.74) is 4.57. The van der Waals surface area contributed by atoms with Crippen LogP contribution < -0.4 is 14.8 Å². The van der Waals surface area contributed by atoms with Crippen LogP contribution in [0.15, 0.2) is 47.0 Å². The van der Waals surface area contributed by atoms with Gasteiger partial charge in [-0.25, -0.2) is 0 Å². The van der Waals surface area contributed by atoms with Gasteiger partial charge in [0.15, 0.2) is 23.0 Å². The summed E-state index contributed by atoms with van der Waals surface area (Å²) < 4.78 is 15.9. The fourth-order valence-corrected chi connectivity index (χ4v) is 2.86. The third-order valence-electron chi connectivity index (χ3n) is 4.68. The molecule has 0 bridgehead atoms. The number of nitrogens with one attached hydrogen (secondary N) is 1. The average molecular weight is 380 g/mol. The van der Waals surface area contributed by atoms with Crippen LogP contribution in [-0.2, 0) is 6.42 Å². The Morgan fingerprint density at radius 1 is 1.00 bits per heavy atom. The summed E-state index contributed by atoms with van der Waals surface area (Å²) in [5.74, 6) is 1.66. The van der Waals surface area contributed by atoms with E-state index >= 15 is 0 Å². The van der Waals surface area contributed by atoms with Crippen molar-refractivity contribution in [3.63, 3.8) is 0 Å². The first-order chi connectivity index (χ1) is 13.5. The van der Waals surface area contributed by atoms with Crippen molar-refractivity contribution >= 4 is 5.91 Å². The maximum absolute atomic E-state index is 12.3. The van der Waals surface area contributed by atoms with Gasteiger partial charge in [-0.2, -0.15) is 0 Å². The first kappa shape index (κ1) is 19.5. The molecule has 3 rings (SSSR count). The van der Waals surface area contributed by atoms with Crippen molar-refractivity contribution in [2.75, 3.05) is 20.8 Å². The van der Waals surface area contributed by atoms with Gasteiger partial charge in [-0.05, 0) is 55.2 Å². The Morgan fingerprint density at radius 2 is 1.79 bits per heavy atom. The second-order valence-corrected chi connectivity index (χ2v) is 6.57. The molecular weight excluding hydrogens is 356 g/mol. The average Bonchev–Trinajstić information content (AvgIpc) is 3.20. The van der Waals surface area contributed by atoms with E-state index < -0.39 is 0 Å². The highest BCUT2D eigenvalue weighted by Gasteiger charge is 2.14. The van der Waals surface area contributed by atoms with Crippen LogP contribution >= 0.6 is 0 Å². The molecule has 0 aliphatic carbocycles. The van der Waals surface area contributed by atoms with Crippen molar-refractivity contribution in [3.05, 3.63) is 64.8 Å². The van der Waals surface area contributed by atoms with Crippen molar-refractivity contribution in [2.24, 2.45) is 0 Å². The van der Waals surface area contributed by atoms with Crippen LogP contribution in [-0.4, -0.2) is 31.8 Å². The molecule has 0 unspecified atom stereocenters. The van der Waals surface area contributed by atoms with Gasteiger partial charge in [-0.15, -0.1) is 0 Å². The molecule has 6 heteroatoms. The zero-order chi connectivity index (χ0) is 20.1. The Kier molecular flexibility index (Phi) is 5.99. The molecule has 0 spiro atoms. The highest BCUT2D eigenvalue weighted by molar-refractivity contribution is 5.93. The number of ether oxygens (including phenoxy) is 2. The van der Waals surface area contributed by atoms with E-state index in [-0.39, 0.29) is 11.6 Å². The lowest BCUT2D eigenvalue weighted by atomic mass is 10.0. The van der Waals surface area contributed by atoms with E-state index in [2.05, 4.69) is 17.4 Å². The van der Waals surface area contributed by atoms with E-state index in [1.54, 1.807) is 20.3 Å². The van der Waals surface area contributed by atoms with Gasteiger partial charge in [0.05, 0.1) is 14.2 Å². The highest BCUT2D eigenvalue weighted by Crippen LogP contribution is 2.27. The van der Waals surface area contributed by atoms with Crippen LogP contribution in [0, 0.1) is 13.8 Å². The lowest BCUT2D eigenvalue weighted by Gasteiger charge is -2.09. The van der Waals surface area contributed by atoms with Crippen LogP contribution in [0.4, 0.5) is 0 Å². The molecule has 0 fully saturated rings. The maximum atomic E-state index is 12.3. The van der Waals surface area contributed by atoms with Gasteiger partial charge in [0.2, 0.25) is 0 Å². The SMILES string of the molecule is COc1ccc(CCNC(=O)c2cc(-c3ccc(C)c(C)c3)on2)cc1OC. The first-order valence-electron chi connectivity index (χ1n) is 9.05. The van der Waals surface area contributed by atoms with E-state index in [0.717, 1.165) is 16.7 Å². The maximum Gasteiger partial charge on any atom is 0.273 e. The molecule has 0 aliphatic rings. The van der Waals surface area contributed by atoms with Crippen LogP contribution in [0.3, 0.4) is 0 Å². The van der Waals surface area contributed by atoms with Gasteiger partial charge < -0.3 is 19.3 Å². The number of carbonyl (C=O) groups excluding carboxylic acids is 1. The fourth-order valence-electron chi connectivity index (χ4n) is 2.86. The normalized spacial score (nSPS) is 10.6. The fraction of sp³-hybridized carbons (Fsp3) is 0.273. The molecule has 1 aromatic heterocycles. The minimum atomic E-state index is -0.265. The van der Waals surface area contributed by atoms with Gasteiger partial charge in [0.1, 0.15) is 0 Å². The monoisotopic (exact) mass is 380 g/mol. The van der Waals surface area contributed by atoms with E-state index in [1.165, 1.54) is 5.56 Å². The van der Waals surface area contributed by atoms with Crippen molar-refractivity contribution in [1.82, 2.24) is 10.5 Å². The highest BCUT2D eigenvalue weighted by atomic mass is 16.5. The van der Waals surface area contributed by atoms with Crippen molar-refractivity contribution in [1.29, 1.82) is 0 Å². The van der Waals surface area contributed by atoms with Gasteiger partial charge in [0.25, 0.3) is 5.91 Å². The Morgan fingerprint density at radius 3 is 2.50 bits per heavy atom. The molecule has 2 aromatic carbocycles. The lowest BCUT2D eigenvalue weighted by Crippen LogP contribution is -2.25. The molecular formula is C22H24N2O4. The number of aryl methyl sites for hydroxylation is 2. The molecule has 1 amide bonds. The number of methoxy groups -OCH3 is 2. The largest absolute Gasteiger partial charge is 0.493 e. The lowest BCUT2D eigenvalue weighted by molar-refractivity contribution is 0.0945. The molecule has 0 saturated carbocycles. The zero-order valence-electron chi connectivity index (χ0n) is 16.5. The molecule has 0 atom stereocenters. The summed E-state index contributed by atoms with van der Waals surface area (Å²) in [6, 6.07) is 13.4. The zero-order valence-corrected chi connectivity index (χ0v) is 16.5. The Hall–Kier alpha value is -3.28. The standard InChI is InChI=1S/C22H24N2O4/c1-14-5-7-17(11-15(14)2)20-13-18(24-28-20)22(25)23-10-9-16-6-8-19(26-3)21(12-16)27-4/h5-8,11-13H,9-10H2,1-4H3,(H,23,25). The van der Waals surface area contributed by atoms with E-state index in [4.69, 9.17) is 14.0 Å². The number of nitrogens with zero attached hydrogens (tertiary/aromatic N) is 1. The number of hydrogen-bond donors (Lipinski definition) is 1. The number of benzene rings is 2. The molecule has 6 nitrogen and oxygen atoms in total. The molecule has 0 saturated heterocycles. The third-order valence-corrected chi connectivity index (χ3v) is 4.68. The summed E-state index contributed by atoms with van der Waals surface area (Å²) in [4.78, 5) is 12.3. The van der Waals surface area contributed by atoms with E-state index in [0.29, 0.717) is 30.2 Å². The van der Waals surface area contributed by atoms with Crippen LogP contribution in [0.2, 0.25) is 0 Å². The quantitative estimate of drug-likeness (QED) is 0.672. The van der Waals surface area contributed by atoms with Crippen molar-refractivity contribution in [3.8, 4) is 22.8 Å². The van der Waals surface area contributed by atoms with Gasteiger partial charge >= 0.3 is 0 Å². The predicted molar refractivity (Wildman–Crippen MR) is 107 cm³/mol. The van der Waals surface area contributed by atoms with Crippen LogP contribution in [0.1, 0.15) is 27.2 Å². The molecule has 0 radical (unpaired) electrons. The third kappa shape index (κ3) is 4.34. The van der Waals surface area contributed by atoms with Gasteiger partial charge in [-0.3, -0.25) is 4.79 Å². The molecule has 28 heavy (non-hydrogen) atoms. The number of aromatic nitrogens is 1. The predicted octanol–water partition coefficient (Wildman–Crippen LogP) is 3.95. The minimum absolute atomic E-state index is 0.264. The van der Waals surface area contributed by atoms with Crippen LogP contribution in [0.5, 0.6) is 11.5 Å². The molecule has 146 valence electrons. The Bertz CT molecular complexity index is 978. The summed E-state index contributed by atoms with van der Waals surface area (Å²) in [6.07, 6.45) is 0.661. The number of hydrogen-bond acceptors (Lipinski definition) is 5. The second kappa shape index (κ2) is 8.61. The van der Waals surface area contributed by atoms with Gasteiger partial charge in [0, 0.05) is 18.2 Å². The second-order valence-electron chi connectivity index (χ2n) is 6.57. The minimum Gasteiger partial charge on any atom is -0.493 e. The Labute approximate surface area is 164 Å². The molecule has 1 N–H and O–H groups in total. The van der Waals surface area contributed by atoms with Crippen molar-refractivity contribution in [2.45, 2.75) is 20.3 Å².